The van der Waals surface area contributed by atoms with Crippen LogP contribution in [0.15, 0.2) is 46.3 Å². The first-order valence-electron chi connectivity index (χ1n) is 7.96. The van der Waals surface area contributed by atoms with Crippen LogP contribution in [0.25, 0.3) is 5.69 Å². The molecule has 3 rings (SSSR count). The SMILES string of the molecule is Cc1cc(NC(=O)C(C)Sc2nccn2-c2ccc(C)c(C)c2)no1. The van der Waals surface area contributed by atoms with Gasteiger partial charge in [-0.2, -0.15) is 0 Å². The number of aryl methyl sites for hydroxylation is 3. The fourth-order valence-corrected chi connectivity index (χ4v) is 3.20. The van der Waals surface area contributed by atoms with E-state index in [1.54, 1.807) is 19.2 Å². The highest BCUT2D eigenvalue weighted by Gasteiger charge is 2.19. The Bertz CT molecular complexity index is 900. The number of nitrogens with one attached hydrogen (secondary N) is 1. The van der Waals surface area contributed by atoms with Crippen LogP contribution in [0, 0.1) is 20.8 Å². The first-order valence-corrected chi connectivity index (χ1v) is 8.84. The van der Waals surface area contributed by atoms with Crippen molar-refractivity contribution in [2.24, 2.45) is 0 Å². The molecule has 3 aromatic rings. The quantitative estimate of drug-likeness (QED) is 0.702. The number of nitrogens with zero attached hydrogens (tertiary/aromatic N) is 3. The van der Waals surface area contributed by atoms with Crippen LogP contribution in [0.4, 0.5) is 5.82 Å². The van der Waals surface area contributed by atoms with Crippen molar-refractivity contribution in [1.82, 2.24) is 14.7 Å². The summed E-state index contributed by atoms with van der Waals surface area (Å²) in [7, 11) is 0. The van der Waals surface area contributed by atoms with Crippen molar-refractivity contribution < 1.29 is 9.32 Å². The number of rotatable bonds is 5. The zero-order valence-electron chi connectivity index (χ0n) is 14.6. The van der Waals surface area contributed by atoms with Crippen molar-refractivity contribution in [3.8, 4) is 5.69 Å². The van der Waals surface area contributed by atoms with Crippen LogP contribution in [0.3, 0.4) is 0 Å². The summed E-state index contributed by atoms with van der Waals surface area (Å²) in [5.41, 5.74) is 3.49. The van der Waals surface area contributed by atoms with Gasteiger partial charge in [-0.05, 0) is 51.0 Å². The van der Waals surface area contributed by atoms with Gasteiger partial charge in [-0.3, -0.25) is 9.36 Å². The van der Waals surface area contributed by atoms with Crippen molar-refractivity contribution >= 4 is 23.5 Å². The molecule has 1 unspecified atom stereocenters. The third kappa shape index (κ3) is 3.93. The van der Waals surface area contributed by atoms with E-state index in [9.17, 15) is 4.79 Å². The fraction of sp³-hybridized carbons (Fsp3) is 0.278. The molecule has 7 heteroatoms. The summed E-state index contributed by atoms with van der Waals surface area (Å²) < 4.78 is 6.95. The zero-order chi connectivity index (χ0) is 18.0. The normalized spacial score (nSPS) is 12.2. The second-order valence-corrected chi connectivity index (χ2v) is 7.23. The Morgan fingerprint density at radius 1 is 1.24 bits per heavy atom. The zero-order valence-corrected chi connectivity index (χ0v) is 15.4. The Kier molecular flexibility index (Phi) is 4.94. The molecule has 0 saturated carbocycles. The molecule has 6 nitrogen and oxygen atoms in total. The number of hydrogen-bond donors (Lipinski definition) is 1. The van der Waals surface area contributed by atoms with Gasteiger partial charge in [0.05, 0.1) is 5.25 Å². The van der Waals surface area contributed by atoms with Crippen LogP contribution in [0.5, 0.6) is 0 Å². The molecular weight excluding hydrogens is 336 g/mol. The van der Waals surface area contributed by atoms with Gasteiger partial charge in [-0.15, -0.1) is 0 Å². The molecule has 0 aliphatic rings. The number of benzene rings is 1. The Labute approximate surface area is 150 Å². The largest absolute Gasteiger partial charge is 0.360 e. The van der Waals surface area contributed by atoms with Gasteiger partial charge < -0.3 is 9.84 Å². The molecule has 0 radical (unpaired) electrons. The van der Waals surface area contributed by atoms with Crippen molar-refractivity contribution in [3.63, 3.8) is 0 Å². The molecule has 1 amide bonds. The summed E-state index contributed by atoms with van der Waals surface area (Å²) in [6.45, 7) is 7.78. The standard InChI is InChI=1S/C18H20N4O2S/c1-11-5-6-15(9-12(11)2)22-8-7-19-18(22)25-14(4)17(23)20-16-10-13(3)24-21-16/h5-10,14H,1-4H3,(H,20,21,23). The van der Waals surface area contributed by atoms with E-state index in [0.717, 1.165) is 10.8 Å². The minimum Gasteiger partial charge on any atom is -0.360 e. The lowest BCUT2D eigenvalue weighted by Gasteiger charge is -2.13. The van der Waals surface area contributed by atoms with E-state index in [1.807, 2.05) is 17.7 Å². The molecule has 25 heavy (non-hydrogen) atoms. The Hall–Kier alpha value is -2.54. The summed E-state index contributed by atoms with van der Waals surface area (Å²) in [6.07, 6.45) is 3.64. The molecule has 1 atom stereocenters. The van der Waals surface area contributed by atoms with Gasteiger partial charge in [0.1, 0.15) is 5.76 Å². The molecule has 2 aromatic heterocycles. The van der Waals surface area contributed by atoms with E-state index in [1.165, 1.54) is 22.9 Å². The highest BCUT2D eigenvalue weighted by molar-refractivity contribution is 8.00. The molecule has 0 aliphatic heterocycles. The monoisotopic (exact) mass is 356 g/mol. The maximum atomic E-state index is 12.3. The van der Waals surface area contributed by atoms with E-state index >= 15 is 0 Å². The second kappa shape index (κ2) is 7.14. The van der Waals surface area contributed by atoms with Crippen molar-refractivity contribution in [2.45, 2.75) is 38.1 Å². The van der Waals surface area contributed by atoms with Crippen LogP contribution < -0.4 is 5.32 Å². The Balaban J connectivity index is 1.73. The maximum Gasteiger partial charge on any atom is 0.238 e. The number of aromatic nitrogens is 3. The molecule has 2 heterocycles. The molecule has 0 spiro atoms. The number of anilines is 1. The molecule has 0 bridgehead atoms. The first-order chi connectivity index (χ1) is 11.9. The van der Waals surface area contributed by atoms with Gasteiger partial charge in [0.2, 0.25) is 5.91 Å². The van der Waals surface area contributed by atoms with Gasteiger partial charge >= 0.3 is 0 Å². The van der Waals surface area contributed by atoms with Crippen molar-refractivity contribution in [1.29, 1.82) is 0 Å². The summed E-state index contributed by atoms with van der Waals surface area (Å²) in [6, 6.07) is 7.94. The number of carbonyl (C=O) groups excluding carboxylic acids is 1. The summed E-state index contributed by atoms with van der Waals surface area (Å²) >= 11 is 1.40. The highest BCUT2D eigenvalue weighted by atomic mass is 32.2. The molecular formula is C18H20N4O2S. The van der Waals surface area contributed by atoms with Crippen molar-refractivity contribution in [2.75, 3.05) is 5.32 Å². The van der Waals surface area contributed by atoms with Crippen LogP contribution in [0.2, 0.25) is 0 Å². The molecule has 1 aromatic carbocycles. The number of thioether (sulfide) groups is 1. The van der Waals surface area contributed by atoms with Gasteiger partial charge in [0.15, 0.2) is 11.0 Å². The van der Waals surface area contributed by atoms with Gasteiger partial charge in [-0.25, -0.2) is 4.98 Å². The molecule has 0 saturated heterocycles. The fourth-order valence-electron chi connectivity index (χ4n) is 2.31. The van der Waals surface area contributed by atoms with Crippen LogP contribution >= 0.6 is 11.8 Å². The maximum absolute atomic E-state index is 12.3. The number of amides is 1. The summed E-state index contributed by atoms with van der Waals surface area (Å²) in [5.74, 6) is 0.932. The predicted molar refractivity (Wildman–Crippen MR) is 98.2 cm³/mol. The van der Waals surface area contributed by atoms with Gasteiger partial charge in [0.25, 0.3) is 0 Å². The minimum absolute atomic E-state index is 0.145. The van der Waals surface area contributed by atoms with Crippen molar-refractivity contribution in [3.05, 3.63) is 53.5 Å². The third-order valence-corrected chi connectivity index (χ3v) is 4.99. The Morgan fingerprint density at radius 3 is 2.72 bits per heavy atom. The average Bonchev–Trinajstić information content (AvgIpc) is 3.19. The molecule has 0 aliphatic carbocycles. The van der Waals surface area contributed by atoms with Gasteiger partial charge in [0, 0.05) is 24.1 Å². The summed E-state index contributed by atoms with van der Waals surface area (Å²) in [4.78, 5) is 16.7. The predicted octanol–water partition coefficient (Wildman–Crippen LogP) is 3.90. The molecule has 1 N–H and O–H groups in total. The highest BCUT2D eigenvalue weighted by Crippen LogP contribution is 2.26. The number of imidazole rings is 1. The number of carbonyl (C=O) groups is 1. The number of hydrogen-bond acceptors (Lipinski definition) is 5. The topological polar surface area (TPSA) is 73.0 Å². The lowest BCUT2D eigenvalue weighted by Crippen LogP contribution is -2.23. The minimum atomic E-state index is -0.329. The lowest BCUT2D eigenvalue weighted by atomic mass is 10.1. The van der Waals surface area contributed by atoms with E-state index in [2.05, 4.69) is 47.5 Å². The van der Waals surface area contributed by atoms with E-state index < -0.39 is 0 Å². The molecule has 0 fully saturated rings. The molecule has 130 valence electrons. The second-order valence-electron chi connectivity index (χ2n) is 5.92. The lowest BCUT2D eigenvalue weighted by molar-refractivity contribution is -0.115. The van der Waals surface area contributed by atoms with E-state index in [0.29, 0.717) is 11.6 Å². The third-order valence-electron chi connectivity index (χ3n) is 3.91. The first kappa shape index (κ1) is 17.3. The average molecular weight is 356 g/mol. The van der Waals surface area contributed by atoms with E-state index in [4.69, 9.17) is 4.52 Å². The van der Waals surface area contributed by atoms with Gasteiger partial charge in [-0.1, -0.05) is 23.0 Å². The summed E-state index contributed by atoms with van der Waals surface area (Å²) in [5, 5.41) is 6.97. The van der Waals surface area contributed by atoms with E-state index in [-0.39, 0.29) is 11.2 Å². The Morgan fingerprint density at radius 2 is 2.04 bits per heavy atom. The van der Waals surface area contributed by atoms with Crippen LogP contribution in [0.1, 0.15) is 23.8 Å². The van der Waals surface area contributed by atoms with Crippen LogP contribution in [-0.4, -0.2) is 25.9 Å². The van der Waals surface area contributed by atoms with Crippen LogP contribution in [-0.2, 0) is 4.79 Å². The smallest absolute Gasteiger partial charge is 0.238 e.